The number of aliphatic imine (C=N–C) groups is 1. The molecule has 3 aliphatic heterocycles. The van der Waals surface area contributed by atoms with E-state index in [4.69, 9.17) is 14.5 Å². The number of allylic oxidation sites excluding steroid dienone is 1. The Bertz CT molecular complexity index is 1120. The van der Waals surface area contributed by atoms with Crippen LogP contribution in [0.5, 0.6) is 5.75 Å². The van der Waals surface area contributed by atoms with Crippen LogP contribution in [0.4, 0.5) is 0 Å². The van der Waals surface area contributed by atoms with Gasteiger partial charge in [0, 0.05) is 37.9 Å². The van der Waals surface area contributed by atoms with Gasteiger partial charge >= 0.3 is 5.97 Å². The fourth-order valence-electron chi connectivity index (χ4n) is 5.74. The standard InChI is InChI=1S/C27H34N4O4S/c1-18-24(26(33)35-3)25(19-7-6-10-22(15-19)34-2)31-21(17-36-27(31)28-18)16-23(32)30-13-11-29(12-14-30)20-8-4-5-9-20/h6-7,10,15,17,20,25H,4-5,8-9,11-14,16H2,1-3H3/t25-/m0/s1. The number of nitrogens with zero attached hydrogens (tertiary/aromatic N) is 4. The molecule has 8 nitrogen and oxygen atoms in total. The first-order valence-corrected chi connectivity index (χ1v) is 13.6. The predicted molar refractivity (Wildman–Crippen MR) is 140 cm³/mol. The molecule has 192 valence electrons. The summed E-state index contributed by atoms with van der Waals surface area (Å²) in [5.41, 5.74) is 2.83. The minimum absolute atomic E-state index is 0.115. The molecule has 1 aromatic carbocycles. The Labute approximate surface area is 217 Å². The van der Waals surface area contributed by atoms with Gasteiger partial charge < -0.3 is 19.3 Å². The highest BCUT2D eigenvalue weighted by Crippen LogP contribution is 2.45. The molecule has 0 unspecified atom stereocenters. The Morgan fingerprint density at radius 1 is 1.11 bits per heavy atom. The Hall–Kier alpha value is -2.78. The van der Waals surface area contributed by atoms with Gasteiger partial charge in [-0.15, -0.1) is 0 Å². The number of carbonyl (C=O) groups excluding carboxylic acids is 2. The molecule has 2 fully saturated rings. The number of esters is 1. The number of piperazine rings is 1. The van der Waals surface area contributed by atoms with Gasteiger partial charge in [-0.2, -0.15) is 0 Å². The lowest BCUT2D eigenvalue weighted by Crippen LogP contribution is -2.51. The fraction of sp³-hybridized carbons (Fsp3) is 0.519. The Morgan fingerprint density at radius 2 is 1.86 bits per heavy atom. The molecular formula is C27H34N4O4S. The Balaban J connectivity index is 1.36. The zero-order chi connectivity index (χ0) is 25.2. The number of methoxy groups -OCH3 is 2. The van der Waals surface area contributed by atoms with Gasteiger partial charge in [-0.05, 0) is 42.9 Å². The van der Waals surface area contributed by atoms with E-state index in [-0.39, 0.29) is 12.3 Å². The first-order valence-electron chi connectivity index (χ1n) is 12.7. The van der Waals surface area contributed by atoms with E-state index in [0.29, 0.717) is 23.1 Å². The second-order valence-corrected chi connectivity index (χ2v) is 10.5. The molecule has 0 bridgehead atoms. The van der Waals surface area contributed by atoms with Gasteiger partial charge in [-0.25, -0.2) is 9.79 Å². The monoisotopic (exact) mass is 510 g/mol. The first-order chi connectivity index (χ1) is 17.5. The van der Waals surface area contributed by atoms with Crippen LogP contribution in [0.2, 0.25) is 0 Å². The number of amidine groups is 1. The molecule has 36 heavy (non-hydrogen) atoms. The number of hydrogen-bond acceptors (Lipinski definition) is 8. The SMILES string of the molecule is COC(=O)C1=C(C)N=C2SC=C(CC(=O)N3CCN(C4CCCC4)CC3)N2[C@H]1c1cccc(OC)c1. The van der Waals surface area contributed by atoms with Crippen molar-refractivity contribution in [1.29, 1.82) is 0 Å². The third kappa shape index (κ3) is 4.78. The fourth-order valence-corrected chi connectivity index (χ4v) is 6.70. The highest BCUT2D eigenvalue weighted by atomic mass is 32.2. The summed E-state index contributed by atoms with van der Waals surface area (Å²) in [6.07, 6.45) is 5.49. The molecule has 1 aromatic rings. The number of thioether (sulfide) groups is 1. The second kappa shape index (κ2) is 10.7. The van der Waals surface area contributed by atoms with Crippen molar-refractivity contribution in [3.05, 3.63) is 52.2 Å². The van der Waals surface area contributed by atoms with Crippen LogP contribution < -0.4 is 4.74 Å². The van der Waals surface area contributed by atoms with Crippen LogP contribution >= 0.6 is 11.8 Å². The lowest BCUT2D eigenvalue weighted by atomic mass is 9.93. The van der Waals surface area contributed by atoms with Gasteiger partial charge in [-0.3, -0.25) is 9.69 Å². The minimum Gasteiger partial charge on any atom is -0.497 e. The number of ether oxygens (including phenoxy) is 2. The predicted octanol–water partition coefficient (Wildman–Crippen LogP) is 3.92. The number of fused-ring (bicyclic) bond motifs is 1. The van der Waals surface area contributed by atoms with Gasteiger partial charge in [0.2, 0.25) is 5.91 Å². The summed E-state index contributed by atoms with van der Waals surface area (Å²) in [5, 5.41) is 2.76. The quantitative estimate of drug-likeness (QED) is 0.537. The van der Waals surface area contributed by atoms with E-state index >= 15 is 0 Å². The normalized spacial score (nSPS) is 22.9. The summed E-state index contributed by atoms with van der Waals surface area (Å²) in [4.78, 5) is 37.6. The molecule has 1 atom stereocenters. The molecule has 5 rings (SSSR count). The van der Waals surface area contributed by atoms with Gasteiger partial charge in [0.1, 0.15) is 5.75 Å². The van der Waals surface area contributed by atoms with Crippen LogP contribution in [0.3, 0.4) is 0 Å². The molecule has 3 heterocycles. The summed E-state index contributed by atoms with van der Waals surface area (Å²) < 4.78 is 10.6. The van der Waals surface area contributed by atoms with Crippen molar-refractivity contribution in [2.45, 2.75) is 51.1 Å². The second-order valence-electron chi connectivity index (χ2n) is 9.69. The average Bonchev–Trinajstić information content (AvgIpc) is 3.58. The number of hydrogen-bond donors (Lipinski definition) is 0. The van der Waals surface area contributed by atoms with Crippen LogP contribution in [0.1, 0.15) is 50.6 Å². The van der Waals surface area contributed by atoms with Gasteiger partial charge in [0.15, 0.2) is 5.17 Å². The maximum absolute atomic E-state index is 13.4. The average molecular weight is 511 g/mol. The Morgan fingerprint density at radius 3 is 2.56 bits per heavy atom. The molecule has 0 N–H and O–H groups in total. The molecule has 0 aromatic heterocycles. The first kappa shape index (κ1) is 24.9. The number of benzene rings is 1. The number of rotatable bonds is 6. The van der Waals surface area contributed by atoms with E-state index in [1.807, 2.05) is 46.4 Å². The summed E-state index contributed by atoms with van der Waals surface area (Å²) in [5.74, 6) is 0.394. The van der Waals surface area contributed by atoms with E-state index < -0.39 is 12.0 Å². The van der Waals surface area contributed by atoms with Gasteiger partial charge in [0.25, 0.3) is 0 Å². The summed E-state index contributed by atoms with van der Waals surface area (Å²) in [6, 6.07) is 7.92. The maximum atomic E-state index is 13.4. The smallest absolute Gasteiger partial charge is 0.338 e. The third-order valence-electron chi connectivity index (χ3n) is 7.66. The lowest BCUT2D eigenvalue weighted by molar-refractivity contribution is -0.136. The zero-order valence-electron chi connectivity index (χ0n) is 21.2. The molecular weight excluding hydrogens is 476 g/mol. The molecule has 1 aliphatic carbocycles. The van der Waals surface area contributed by atoms with Crippen LogP contribution in [-0.4, -0.2) is 78.2 Å². The third-order valence-corrected chi connectivity index (χ3v) is 8.54. The summed E-state index contributed by atoms with van der Waals surface area (Å²) in [7, 11) is 3.01. The zero-order valence-corrected chi connectivity index (χ0v) is 22.1. The van der Waals surface area contributed by atoms with Crippen molar-refractivity contribution < 1.29 is 19.1 Å². The van der Waals surface area contributed by atoms with Crippen LogP contribution in [0, 0.1) is 0 Å². The van der Waals surface area contributed by atoms with Crippen molar-refractivity contribution in [2.24, 2.45) is 4.99 Å². The topological polar surface area (TPSA) is 74.7 Å². The minimum atomic E-state index is -0.451. The van der Waals surface area contributed by atoms with E-state index in [9.17, 15) is 9.59 Å². The van der Waals surface area contributed by atoms with Crippen molar-refractivity contribution in [3.8, 4) is 5.75 Å². The van der Waals surface area contributed by atoms with E-state index in [1.54, 1.807) is 7.11 Å². The van der Waals surface area contributed by atoms with Crippen molar-refractivity contribution in [2.75, 3.05) is 40.4 Å². The summed E-state index contributed by atoms with van der Waals surface area (Å²) in [6.45, 7) is 5.26. The van der Waals surface area contributed by atoms with Crippen molar-refractivity contribution >= 4 is 28.8 Å². The van der Waals surface area contributed by atoms with Crippen LogP contribution in [0.15, 0.2) is 51.6 Å². The summed E-state index contributed by atoms with van der Waals surface area (Å²) >= 11 is 1.49. The number of amides is 1. The number of carbonyl (C=O) groups is 2. The molecule has 1 amide bonds. The molecule has 4 aliphatic rings. The van der Waals surface area contributed by atoms with Crippen LogP contribution in [-0.2, 0) is 14.3 Å². The highest BCUT2D eigenvalue weighted by molar-refractivity contribution is 8.16. The van der Waals surface area contributed by atoms with Crippen molar-refractivity contribution in [1.82, 2.24) is 14.7 Å². The van der Waals surface area contributed by atoms with Gasteiger partial charge in [0.05, 0.1) is 38.0 Å². The van der Waals surface area contributed by atoms with E-state index in [0.717, 1.165) is 42.6 Å². The largest absolute Gasteiger partial charge is 0.497 e. The maximum Gasteiger partial charge on any atom is 0.338 e. The molecule has 0 spiro atoms. The van der Waals surface area contributed by atoms with Crippen LogP contribution in [0.25, 0.3) is 0 Å². The van der Waals surface area contributed by atoms with E-state index in [1.165, 1.54) is 44.6 Å². The molecule has 1 saturated heterocycles. The van der Waals surface area contributed by atoms with Crippen molar-refractivity contribution in [3.63, 3.8) is 0 Å². The highest BCUT2D eigenvalue weighted by Gasteiger charge is 2.41. The molecule has 9 heteroatoms. The van der Waals surface area contributed by atoms with E-state index in [2.05, 4.69) is 4.90 Å². The Kier molecular flexibility index (Phi) is 7.39. The molecule has 0 radical (unpaired) electrons. The molecule has 1 saturated carbocycles. The lowest BCUT2D eigenvalue weighted by Gasteiger charge is -2.39. The van der Waals surface area contributed by atoms with Gasteiger partial charge in [-0.1, -0.05) is 36.7 Å².